The van der Waals surface area contributed by atoms with E-state index in [0.717, 1.165) is 20.1 Å². The third-order valence-corrected chi connectivity index (χ3v) is 6.14. The molecule has 0 aliphatic rings. The van der Waals surface area contributed by atoms with Gasteiger partial charge in [0.15, 0.2) is 5.43 Å². The number of halogens is 4. The zero-order chi connectivity index (χ0) is 20.9. The minimum absolute atomic E-state index is 0.0589. The first-order chi connectivity index (χ1) is 12.1. The van der Waals surface area contributed by atoms with E-state index in [9.17, 15) is 22.2 Å². The van der Waals surface area contributed by atoms with E-state index in [-0.39, 0.29) is 21.2 Å². The number of hydrogen-bond donors (Lipinski definition) is 2. The van der Waals surface area contributed by atoms with Gasteiger partial charge in [-0.25, -0.2) is 8.99 Å². The van der Waals surface area contributed by atoms with Gasteiger partial charge >= 0.3 is 6.18 Å². The topological polar surface area (TPSA) is 73.8 Å². The van der Waals surface area contributed by atoms with Crippen LogP contribution in [0.2, 0.25) is 5.02 Å². The first kappa shape index (κ1) is 21.5. The van der Waals surface area contributed by atoms with E-state index in [1.165, 1.54) is 25.1 Å². The normalized spacial score (nSPS) is 14.9. The molecule has 9 heteroatoms. The van der Waals surface area contributed by atoms with Crippen molar-refractivity contribution in [2.75, 3.05) is 6.26 Å². The smallest absolute Gasteiger partial charge is 0.357 e. The molecular weight excluding hydrogens is 401 g/mol. The Labute approximate surface area is 160 Å². The molecule has 0 radical (unpaired) electrons. The van der Waals surface area contributed by atoms with Gasteiger partial charge in [-0.05, 0) is 44.9 Å². The summed E-state index contributed by atoms with van der Waals surface area (Å²) in [6.45, 7) is 5.26. The summed E-state index contributed by atoms with van der Waals surface area (Å²) in [5.74, 6) is 0. The Morgan fingerprint density at radius 2 is 1.70 bits per heavy atom. The average Bonchev–Trinajstić information content (AvgIpc) is 2.45. The van der Waals surface area contributed by atoms with Gasteiger partial charge < -0.3 is 4.98 Å². The number of alkyl halides is 3. The van der Waals surface area contributed by atoms with E-state index in [4.69, 9.17) is 16.4 Å². The Balaban J connectivity index is 2.70. The second-order valence-electron chi connectivity index (χ2n) is 7.11. The van der Waals surface area contributed by atoms with Crippen molar-refractivity contribution in [2.24, 2.45) is 0 Å². The number of nitrogens with one attached hydrogen (secondary N) is 2. The fourth-order valence-electron chi connectivity index (χ4n) is 2.91. The minimum atomic E-state index is -4.48. The van der Waals surface area contributed by atoms with Crippen LogP contribution >= 0.6 is 11.6 Å². The number of H-pyrrole nitrogens is 1. The Morgan fingerprint density at radius 3 is 2.15 bits per heavy atom. The van der Waals surface area contributed by atoms with E-state index >= 15 is 0 Å². The summed E-state index contributed by atoms with van der Waals surface area (Å²) in [5.41, 5.74) is -1.20. The molecule has 0 saturated heterocycles. The lowest BCUT2D eigenvalue weighted by atomic mass is 9.82. The number of benzene rings is 1. The van der Waals surface area contributed by atoms with Gasteiger partial charge in [0, 0.05) is 34.3 Å². The molecule has 2 N–H and O–H groups in total. The molecule has 2 rings (SSSR count). The monoisotopic (exact) mass is 420 g/mol. The summed E-state index contributed by atoms with van der Waals surface area (Å²) in [4.78, 5) is 15.1. The van der Waals surface area contributed by atoms with Gasteiger partial charge in [0.2, 0.25) is 0 Å². The van der Waals surface area contributed by atoms with Crippen LogP contribution in [0.1, 0.15) is 30.7 Å². The standard InChI is InChI=1S/C18H20ClF3N2O2S/c1-9-6-12(17(3,4)18(20,21)22)13(19)7-11(9)14-8-15(25)16(10(2)24-14)27(5,23)26/h6-8,23H,1-5H3,(H,24,25). The summed E-state index contributed by atoms with van der Waals surface area (Å²) in [6, 6.07) is 3.93. The predicted molar refractivity (Wildman–Crippen MR) is 101 cm³/mol. The van der Waals surface area contributed by atoms with Crippen molar-refractivity contribution in [1.82, 2.24) is 4.98 Å². The lowest BCUT2D eigenvalue weighted by Crippen LogP contribution is -2.36. The molecule has 1 heterocycles. The predicted octanol–water partition coefficient (Wildman–Crippen LogP) is 5.19. The van der Waals surface area contributed by atoms with Crippen LogP contribution in [-0.2, 0) is 15.1 Å². The number of rotatable bonds is 3. The van der Waals surface area contributed by atoms with Crippen LogP contribution < -0.4 is 5.43 Å². The van der Waals surface area contributed by atoms with Crippen LogP contribution in [0.3, 0.4) is 0 Å². The molecule has 0 aliphatic heterocycles. The fraction of sp³-hybridized carbons (Fsp3) is 0.389. The van der Waals surface area contributed by atoms with E-state index < -0.39 is 26.7 Å². The molecule has 1 aromatic heterocycles. The highest BCUT2D eigenvalue weighted by Crippen LogP contribution is 2.44. The quantitative estimate of drug-likeness (QED) is 0.717. The van der Waals surface area contributed by atoms with E-state index in [0.29, 0.717) is 16.8 Å². The Hall–Kier alpha value is -1.80. The highest BCUT2D eigenvalue weighted by Gasteiger charge is 2.49. The molecule has 0 saturated carbocycles. The van der Waals surface area contributed by atoms with Crippen molar-refractivity contribution >= 4 is 21.3 Å². The summed E-state index contributed by atoms with van der Waals surface area (Å²) >= 11 is 6.16. The molecule has 1 unspecified atom stereocenters. The second-order valence-corrected chi connectivity index (χ2v) is 9.62. The average molecular weight is 421 g/mol. The molecule has 148 valence electrons. The molecule has 4 nitrogen and oxygen atoms in total. The Bertz CT molecular complexity index is 1070. The van der Waals surface area contributed by atoms with Crippen molar-refractivity contribution in [2.45, 2.75) is 44.2 Å². The maximum atomic E-state index is 13.4. The summed E-state index contributed by atoms with van der Waals surface area (Å²) in [7, 11) is -3.22. The molecule has 0 aliphatic carbocycles. The Morgan fingerprint density at radius 1 is 1.15 bits per heavy atom. The molecule has 0 spiro atoms. The van der Waals surface area contributed by atoms with Gasteiger partial charge in [0.1, 0.15) is 4.90 Å². The zero-order valence-electron chi connectivity index (χ0n) is 15.5. The van der Waals surface area contributed by atoms with E-state index in [1.54, 1.807) is 6.92 Å². The van der Waals surface area contributed by atoms with Gasteiger partial charge in [0.25, 0.3) is 0 Å². The zero-order valence-corrected chi connectivity index (χ0v) is 17.0. The van der Waals surface area contributed by atoms with E-state index in [2.05, 4.69) is 4.98 Å². The van der Waals surface area contributed by atoms with Crippen molar-refractivity contribution in [3.05, 3.63) is 50.3 Å². The maximum absolute atomic E-state index is 13.4. The Kier molecular flexibility index (Phi) is 5.31. The fourth-order valence-corrected chi connectivity index (χ4v) is 4.39. The van der Waals surface area contributed by atoms with Crippen LogP contribution in [0.5, 0.6) is 0 Å². The second kappa shape index (κ2) is 6.67. The molecule has 1 aromatic carbocycles. The van der Waals surface area contributed by atoms with Crippen LogP contribution in [-0.4, -0.2) is 21.6 Å². The molecule has 2 aromatic rings. The summed E-state index contributed by atoms with van der Waals surface area (Å²) in [5, 5.41) is -0.0692. The van der Waals surface area contributed by atoms with Crippen LogP contribution in [0, 0.1) is 18.6 Å². The van der Waals surface area contributed by atoms with Gasteiger partial charge in [-0.3, -0.25) is 4.79 Å². The third-order valence-electron chi connectivity index (χ3n) is 4.54. The SMILES string of the molecule is Cc1cc(C(C)(C)C(F)(F)F)c(Cl)cc1-c1cc(=O)c(S(C)(=N)=O)c(C)[nH]1. The minimum Gasteiger partial charge on any atom is -0.357 e. The molecule has 27 heavy (non-hydrogen) atoms. The number of pyridine rings is 1. The molecule has 0 fully saturated rings. The van der Waals surface area contributed by atoms with Crippen molar-refractivity contribution in [1.29, 1.82) is 4.78 Å². The van der Waals surface area contributed by atoms with Crippen LogP contribution in [0.4, 0.5) is 13.2 Å². The van der Waals surface area contributed by atoms with Gasteiger partial charge in [-0.1, -0.05) is 17.7 Å². The molecule has 1 atom stereocenters. The number of aromatic amines is 1. The van der Waals surface area contributed by atoms with Gasteiger partial charge in [-0.2, -0.15) is 13.2 Å². The van der Waals surface area contributed by atoms with Gasteiger partial charge in [0.05, 0.1) is 15.1 Å². The van der Waals surface area contributed by atoms with Crippen LogP contribution in [0.25, 0.3) is 11.3 Å². The molecule has 0 bridgehead atoms. The number of aromatic nitrogens is 1. The van der Waals surface area contributed by atoms with Crippen molar-refractivity contribution in [3.8, 4) is 11.3 Å². The molecular formula is C18H20ClF3N2O2S. The number of hydrogen-bond acceptors (Lipinski definition) is 3. The van der Waals surface area contributed by atoms with E-state index in [1.807, 2.05) is 0 Å². The first-order valence-corrected chi connectivity index (χ1v) is 10.3. The van der Waals surface area contributed by atoms with Crippen molar-refractivity contribution in [3.63, 3.8) is 0 Å². The summed E-state index contributed by atoms with van der Waals surface area (Å²) < 4.78 is 59.7. The van der Waals surface area contributed by atoms with Crippen LogP contribution in [0.15, 0.2) is 27.9 Å². The first-order valence-electron chi connectivity index (χ1n) is 7.93. The van der Waals surface area contributed by atoms with Gasteiger partial charge in [-0.15, -0.1) is 0 Å². The maximum Gasteiger partial charge on any atom is 0.397 e. The highest BCUT2D eigenvalue weighted by atomic mass is 35.5. The largest absolute Gasteiger partial charge is 0.397 e. The summed E-state index contributed by atoms with van der Waals surface area (Å²) in [6.07, 6.45) is -3.33. The highest BCUT2D eigenvalue weighted by molar-refractivity contribution is 7.91. The molecule has 0 amide bonds. The third kappa shape index (κ3) is 3.91. The number of aryl methyl sites for hydroxylation is 2. The van der Waals surface area contributed by atoms with Crippen molar-refractivity contribution < 1.29 is 17.4 Å². The lowest BCUT2D eigenvalue weighted by Gasteiger charge is -2.30. The lowest BCUT2D eigenvalue weighted by molar-refractivity contribution is -0.180.